The highest BCUT2D eigenvalue weighted by molar-refractivity contribution is 5.94. The van der Waals surface area contributed by atoms with E-state index in [1.807, 2.05) is 18.2 Å². The zero-order valence-electron chi connectivity index (χ0n) is 13.8. The van der Waals surface area contributed by atoms with Crippen LogP contribution in [0.15, 0.2) is 42.5 Å². The van der Waals surface area contributed by atoms with Crippen molar-refractivity contribution in [1.82, 2.24) is 15.5 Å². The summed E-state index contributed by atoms with van der Waals surface area (Å²) < 4.78 is 5.85. The van der Waals surface area contributed by atoms with Crippen molar-refractivity contribution in [1.29, 1.82) is 0 Å². The molecule has 1 aromatic heterocycles. The van der Waals surface area contributed by atoms with Crippen LogP contribution in [0.4, 0.5) is 0 Å². The lowest BCUT2D eigenvalue weighted by atomic mass is 10.0. The lowest BCUT2D eigenvalue weighted by Gasteiger charge is -2.07. The number of H-pyrrole nitrogens is 1. The Balaban J connectivity index is 1.61. The second-order valence-electron chi connectivity index (χ2n) is 6.85. The highest BCUT2D eigenvalue weighted by atomic mass is 16.5. The van der Waals surface area contributed by atoms with Crippen LogP contribution in [0.3, 0.4) is 0 Å². The third-order valence-electron chi connectivity index (χ3n) is 5.14. The normalized spacial score (nSPS) is 22.5. The largest absolute Gasteiger partial charge is 0.494 e. The molecule has 0 unspecified atom stereocenters. The Morgan fingerprint density at radius 2 is 2.08 bits per heavy atom. The van der Waals surface area contributed by atoms with Gasteiger partial charge in [0.1, 0.15) is 11.4 Å². The molecule has 4 bridgehead atoms. The second kappa shape index (κ2) is 5.62. The number of carbonyl (C=O) groups is 1. The maximum atomic E-state index is 12.3. The molecule has 25 heavy (non-hydrogen) atoms. The number of fused-ring (bicyclic) bond motifs is 6. The van der Waals surface area contributed by atoms with E-state index in [1.54, 1.807) is 0 Å². The summed E-state index contributed by atoms with van der Waals surface area (Å²) in [7, 11) is 0. The lowest BCUT2D eigenvalue weighted by molar-refractivity contribution is -0.122. The molecule has 5 heteroatoms. The number of benzene rings is 2. The van der Waals surface area contributed by atoms with Gasteiger partial charge in [0.2, 0.25) is 5.91 Å². The Bertz CT molecular complexity index is 962. The fourth-order valence-corrected chi connectivity index (χ4v) is 3.68. The van der Waals surface area contributed by atoms with Crippen molar-refractivity contribution in [2.24, 2.45) is 5.92 Å². The van der Waals surface area contributed by atoms with Crippen molar-refractivity contribution in [2.75, 3.05) is 13.2 Å². The smallest absolute Gasteiger partial charge is 0.223 e. The number of nitrogens with zero attached hydrogens (tertiary/aromatic N) is 1. The first kappa shape index (κ1) is 14.5. The molecule has 2 heterocycles. The van der Waals surface area contributed by atoms with E-state index in [0.717, 1.165) is 40.8 Å². The van der Waals surface area contributed by atoms with Gasteiger partial charge in [-0.05, 0) is 48.6 Å². The van der Waals surface area contributed by atoms with Crippen LogP contribution >= 0.6 is 0 Å². The van der Waals surface area contributed by atoms with Gasteiger partial charge in [-0.2, -0.15) is 5.10 Å². The average Bonchev–Trinajstić information content (AvgIpc) is 3.33. The fourth-order valence-electron chi connectivity index (χ4n) is 3.68. The van der Waals surface area contributed by atoms with Crippen molar-refractivity contribution < 1.29 is 9.53 Å². The van der Waals surface area contributed by atoms with Crippen molar-refractivity contribution in [2.45, 2.75) is 18.8 Å². The van der Waals surface area contributed by atoms with E-state index in [-0.39, 0.29) is 11.8 Å². The van der Waals surface area contributed by atoms with Crippen molar-refractivity contribution in [3.05, 3.63) is 48.0 Å². The van der Waals surface area contributed by atoms with Crippen LogP contribution in [0.25, 0.3) is 22.2 Å². The molecule has 1 aliphatic carbocycles. The average molecular weight is 333 g/mol. The van der Waals surface area contributed by atoms with Crippen molar-refractivity contribution >= 4 is 16.8 Å². The molecule has 0 radical (unpaired) electrons. The van der Waals surface area contributed by atoms with Gasteiger partial charge < -0.3 is 10.1 Å². The molecule has 5 rings (SSSR count). The van der Waals surface area contributed by atoms with Crippen molar-refractivity contribution in [3.63, 3.8) is 0 Å². The van der Waals surface area contributed by atoms with Crippen LogP contribution in [0.1, 0.15) is 24.3 Å². The number of carbonyl (C=O) groups excluding carboxylic acids is 1. The molecule has 1 aliphatic heterocycles. The van der Waals surface area contributed by atoms with Crippen LogP contribution < -0.4 is 10.1 Å². The number of rotatable bonds is 0. The zero-order valence-corrected chi connectivity index (χ0v) is 13.8. The molecular weight excluding hydrogens is 314 g/mol. The first-order valence-electron chi connectivity index (χ1n) is 8.78. The number of amides is 1. The molecule has 1 saturated carbocycles. The van der Waals surface area contributed by atoms with Gasteiger partial charge in [-0.1, -0.05) is 18.2 Å². The number of ether oxygens (including phenoxy) is 1. The minimum absolute atomic E-state index is 0.0987. The molecule has 126 valence electrons. The number of nitrogens with one attached hydrogen (secondary N) is 2. The van der Waals surface area contributed by atoms with Crippen molar-refractivity contribution in [3.8, 4) is 17.0 Å². The van der Waals surface area contributed by atoms with Gasteiger partial charge in [0, 0.05) is 23.4 Å². The van der Waals surface area contributed by atoms with Crippen LogP contribution in [0.2, 0.25) is 0 Å². The van der Waals surface area contributed by atoms with Gasteiger partial charge in [0.15, 0.2) is 0 Å². The zero-order chi connectivity index (χ0) is 16.8. The molecule has 5 nitrogen and oxygen atoms in total. The number of hydrogen-bond acceptors (Lipinski definition) is 3. The Morgan fingerprint density at radius 1 is 1.12 bits per heavy atom. The molecular formula is C20H19N3O2. The highest BCUT2D eigenvalue weighted by Crippen LogP contribution is 2.48. The van der Waals surface area contributed by atoms with Gasteiger partial charge >= 0.3 is 0 Å². The maximum Gasteiger partial charge on any atom is 0.223 e. The van der Waals surface area contributed by atoms with Gasteiger partial charge in [0.25, 0.3) is 0 Å². The fraction of sp³-hybridized carbons (Fsp3) is 0.300. The first-order valence-corrected chi connectivity index (χ1v) is 8.78. The summed E-state index contributed by atoms with van der Waals surface area (Å²) >= 11 is 0. The summed E-state index contributed by atoms with van der Waals surface area (Å²) in [6.45, 7) is 1.24. The molecule has 3 aromatic rings. The van der Waals surface area contributed by atoms with Crippen LogP contribution in [0, 0.1) is 5.92 Å². The van der Waals surface area contributed by atoms with E-state index < -0.39 is 0 Å². The van der Waals surface area contributed by atoms with Crippen LogP contribution in [0.5, 0.6) is 5.75 Å². The predicted octanol–water partition coefficient (Wildman–Crippen LogP) is 3.23. The molecule has 2 N–H and O–H groups in total. The summed E-state index contributed by atoms with van der Waals surface area (Å²) in [6.07, 6.45) is 1.73. The van der Waals surface area contributed by atoms with E-state index in [9.17, 15) is 4.79 Å². The number of aromatic nitrogens is 2. The SMILES string of the molecule is O=C1NCCCOc2ccc3[nH]nc(c3c2)-c2cccc(c2)[C@H]2C[C@H]12. The van der Waals surface area contributed by atoms with E-state index in [0.29, 0.717) is 19.1 Å². The predicted molar refractivity (Wildman–Crippen MR) is 95.5 cm³/mol. The second-order valence-corrected chi connectivity index (χ2v) is 6.85. The van der Waals surface area contributed by atoms with Crippen LogP contribution in [-0.2, 0) is 4.79 Å². The summed E-state index contributed by atoms with van der Waals surface area (Å²) in [5, 5.41) is 11.7. The van der Waals surface area contributed by atoms with Gasteiger partial charge in [-0.25, -0.2) is 0 Å². The lowest BCUT2D eigenvalue weighted by Crippen LogP contribution is -2.27. The van der Waals surface area contributed by atoms with Gasteiger partial charge in [0.05, 0.1) is 12.1 Å². The molecule has 0 spiro atoms. The minimum atomic E-state index is 0.0987. The quantitative estimate of drug-likeness (QED) is 0.664. The van der Waals surface area contributed by atoms with Crippen LogP contribution in [-0.4, -0.2) is 29.3 Å². The summed E-state index contributed by atoms with van der Waals surface area (Å²) in [6, 6.07) is 14.4. The Kier molecular flexibility index (Phi) is 3.26. The van der Waals surface area contributed by atoms with E-state index >= 15 is 0 Å². The van der Waals surface area contributed by atoms with E-state index in [2.05, 4.69) is 39.8 Å². The highest BCUT2D eigenvalue weighted by Gasteiger charge is 2.43. The Morgan fingerprint density at radius 3 is 3.04 bits per heavy atom. The Hall–Kier alpha value is -2.82. The topological polar surface area (TPSA) is 67.0 Å². The third-order valence-corrected chi connectivity index (χ3v) is 5.14. The third kappa shape index (κ3) is 2.56. The minimum Gasteiger partial charge on any atom is -0.494 e. The molecule has 2 aliphatic rings. The summed E-state index contributed by atoms with van der Waals surface area (Å²) in [4.78, 5) is 12.3. The molecule has 2 aromatic carbocycles. The van der Waals surface area contributed by atoms with Gasteiger partial charge in [-0.15, -0.1) is 0 Å². The maximum absolute atomic E-state index is 12.3. The molecule has 1 fully saturated rings. The van der Waals surface area contributed by atoms with Gasteiger partial charge in [-0.3, -0.25) is 9.89 Å². The summed E-state index contributed by atoms with van der Waals surface area (Å²) in [5.74, 6) is 1.41. The monoisotopic (exact) mass is 333 g/mol. The van der Waals surface area contributed by atoms with E-state index in [1.165, 1.54) is 5.56 Å². The Labute approximate surface area is 145 Å². The number of hydrogen-bond donors (Lipinski definition) is 2. The summed E-state index contributed by atoms with van der Waals surface area (Å²) in [5.41, 5.74) is 4.22. The molecule has 1 amide bonds. The number of aromatic amines is 1. The first-order chi connectivity index (χ1) is 12.3. The molecule has 2 atom stereocenters. The standard InChI is InChI=1S/C20H19N3O2/c24-20-16-11-15(16)12-3-1-4-13(9-12)19-17-10-14(25-8-2-7-21-20)5-6-18(17)22-23-19/h1,3-6,9-10,15-16H,2,7-8,11H2,(H,21,24)(H,22,23)/t15-,16+/m1/s1. The molecule has 0 saturated heterocycles. The van der Waals surface area contributed by atoms with E-state index in [4.69, 9.17) is 4.74 Å².